The fourth-order valence-electron chi connectivity index (χ4n) is 1.52. The molecule has 0 atom stereocenters. The number of hydrogen-bond donors (Lipinski definition) is 0. The maximum Gasteiger partial charge on any atom is 0.357 e. The molecule has 0 saturated heterocycles. The lowest BCUT2D eigenvalue weighted by Gasteiger charge is -2.02. The van der Waals surface area contributed by atoms with Crippen LogP contribution in [0.1, 0.15) is 27.5 Å². The van der Waals surface area contributed by atoms with Crippen LogP contribution >= 0.6 is 11.3 Å². The number of carbonyl (C=O) groups is 1. The molecule has 0 fully saturated rings. The number of nitrogens with zero attached hydrogens (tertiary/aromatic N) is 2. The maximum atomic E-state index is 11.6. The van der Waals surface area contributed by atoms with Gasteiger partial charge >= 0.3 is 5.97 Å². The van der Waals surface area contributed by atoms with Crippen LogP contribution in [0.2, 0.25) is 0 Å². The van der Waals surface area contributed by atoms with Crippen LogP contribution in [-0.4, -0.2) is 22.5 Å². The molecular weight excluding hydrogens is 248 g/mol. The van der Waals surface area contributed by atoms with Gasteiger partial charge in [-0.25, -0.2) is 9.78 Å². The smallest absolute Gasteiger partial charge is 0.357 e. The summed E-state index contributed by atoms with van der Waals surface area (Å²) in [5, 5.41) is 2.59. The normalized spacial score (nSPS) is 10.3. The summed E-state index contributed by atoms with van der Waals surface area (Å²) in [5.74, 6) is -0.342. The molecule has 0 bridgehead atoms. The van der Waals surface area contributed by atoms with Crippen LogP contribution in [0.5, 0.6) is 0 Å². The van der Waals surface area contributed by atoms with E-state index in [1.54, 1.807) is 11.6 Å². The topological polar surface area (TPSA) is 52.1 Å². The van der Waals surface area contributed by atoms with Gasteiger partial charge in [-0.1, -0.05) is 6.07 Å². The molecule has 2 aromatic heterocycles. The van der Waals surface area contributed by atoms with Gasteiger partial charge in [-0.3, -0.25) is 4.98 Å². The summed E-state index contributed by atoms with van der Waals surface area (Å²) in [6.07, 6.45) is 5.22. The molecule has 4 nitrogen and oxygen atoms in total. The second kappa shape index (κ2) is 6.26. The Hall–Kier alpha value is -1.75. The number of ether oxygens (including phenoxy) is 1. The average Bonchev–Trinajstić information content (AvgIpc) is 2.82. The highest BCUT2D eigenvalue weighted by Crippen LogP contribution is 2.09. The van der Waals surface area contributed by atoms with E-state index < -0.39 is 0 Å². The second-order valence-corrected chi connectivity index (χ2v) is 4.91. The van der Waals surface area contributed by atoms with Crippen molar-refractivity contribution in [3.63, 3.8) is 0 Å². The molecule has 0 aliphatic carbocycles. The Balaban J connectivity index is 1.71. The van der Waals surface area contributed by atoms with Crippen LogP contribution in [-0.2, 0) is 11.2 Å². The van der Waals surface area contributed by atoms with Crippen molar-refractivity contribution >= 4 is 17.3 Å². The average molecular weight is 262 g/mol. The minimum Gasteiger partial charge on any atom is -0.461 e. The van der Waals surface area contributed by atoms with E-state index in [0.29, 0.717) is 12.3 Å². The van der Waals surface area contributed by atoms with Gasteiger partial charge in [0, 0.05) is 17.8 Å². The quantitative estimate of drug-likeness (QED) is 0.614. The number of carbonyl (C=O) groups excluding carboxylic acids is 1. The highest BCUT2D eigenvalue weighted by molar-refractivity contribution is 7.09. The summed E-state index contributed by atoms with van der Waals surface area (Å²) in [4.78, 5) is 19.7. The van der Waals surface area contributed by atoms with E-state index >= 15 is 0 Å². The van der Waals surface area contributed by atoms with E-state index in [-0.39, 0.29) is 5.97 Å². The Morgan fingerprint density at radius 3 is 3.06 bits per heavy atom. The first kappa shape index (κ1) is 12.7. The number of thiazole rings is 1. The van der Waals surface area contributed by atoms with Crippen LogP contribution in [0.3, 0.4) is 0 Å². The summed E-state index contributed by atoms with van der Waals surface area (Å²) in [7, 11) is 0. The predicted molar refractivity (Wildman–Crippen MR) is 69.7 cm³/mol. The van der Waals surface area contributed by atoms with Gasteiger partial charge in [0.15, 0.2) is 5.69 Å². The fourth-order valence-corrected chi connectivity index (χ4v) is 2.10. The standard InChI is InChI=1S/C13H14N2O2S/c1-10-15-12(9-18-10)13(16)17-7-3-5-11-4-2-6-14-8-11/h2,4,6,8-9H,3,5,7H2,1H3. The zero-order valence-corrected chi connectivity index (χ0v) is 10.9. The fraction of sp³-hybridized carbons (Fsp3) is 0.308. The Morgan fingerprint density at radius 2 is 2.39 bits per heavy atom. The third-order valence-corrected chi connectivity index (χ3v) is 3.17. The molecule has 0 spiro atoms. The van der Waals surface area contributed by atoms with Gasteiger partial charge in [-0.05, 0) is 31.4 Å². The molecular formula is C13H14N2O2S. The highest BCUT2D eigenvalue weighted by Gasteiger charge is 2.10. The molecule has 18 heavy (non-hydrogen) atoms. The van der Waals surface area contributed by atoms with Crippen molar-refractivity contribution in [3.8, 4) is 0 Å². The molecule has 0 aromatic carbocycles. The lowest BCUT2D eigenvalue weighted by atomic mass is 10.2. The van der Waals surface area contributed by atoms with Crippen LogP contribution in [0.15, 0.2) is 29.9 Å². The second-order valence-electron chi connectivity index (χ2n) is 3.85. The molecule has 0 N–H and O–H groups in total. The van der Waals surface area contributed by atoms with Crippen molar-refractivity contribution in [2.75, 3.05) is 6.61 Å². The lowest BCUT2D eigenvalue weighted by Crippen LogP contribution is -2.07. The molecule has 0 amide bonds. The lowest BCUT2D eigenvalue weighted by molar-refractivity contribution is 0.0494. The Morgan fingerprint density at radius 1 is 1.50 bits per heavy atom. The summed E-state index contributed by atoms with van der Waals surface area (Å²) >= 11 is 1.45. The van der Waals surface area contributed by atoms with Gasteiger partial charge in [0.1, 0.15) is 0 Å². The molecule has 94 valence electrons. The third-order valence-electron chi connectivity index (χ3n) is 2.39. The van der Waals surface area contributed by atoms with E-state index in [9.17, 15) is 4.79 Å². The van der Waals surface area contributed by atoms with Crippen molar-refractivity contribution in [1.29, 1.82) is 0 Å². The number of rotatable bonds is 5. The van der Waals surface area contributed by atoms with Gasteiger partial charge in [-0.15, -0.1) is 11.3 Å². The van der Waals surface area contributed by atoms with Crippen molar-refractivity contribution < 1.29 is 9.53 Å². The molecule has 5 heteroatoms. The molecule has 2 heterocycles. The summed E-state index contributed by atoms with van der Waals surface area (Å²) in [5.41, 5.74) is 1.55. The Kier molecular flexibility index (Phi) is 4.41. The predicted octanol–water partition coefficient (Wildman–Crippen LogP) is 2.64. The Labute approximate surface area is 110 Å². The number of hydrogen-bond acceptors (Lipinski definition) is 5. The Bertz CT molecular complexity index is 511. The summed E-state index contributed by atoms with van der Waals surface area (Å²) in [6, 6.07) is 3.91. The van der Waals surface area contributed by atoms with Crippen molar-refractivity contribution in [2.24, 2.45) is 0 Å². The van der Waals surface area contributed by atoms with Crippen molar-refractivity contribution in [3.05, 3.63) is 46.2 Å². The first-order valence-corrected chi connectivity index (χ1v) is 6.62. The van der Waals surface area contributed by atoms with Gasteiger partial charge in [0.2, 0.25) is 0 Å². The molecule has 0 unspecified atom stereocenters. The minimum atomic E-state index is -0.342. The molecule has 2 rings (SSSR count). The molecule has 0 radical (unpaired) electrons. The van der Waals surface area contributed by atoms with E-state index in [0.717, 1.165) is 23.4 Å². The third kappa shape index (κ3) is 3.63. The van der Waals surface area contributed by atoms with Crippen LogP contribution in [0.4, 0.5) is 0 Å². The van der Waals surface area contributed by atoms with Gasteiger partial charge < -0.3 is 4.74 Å². The molecule has 0 aliphatic heterocycles. The molecule has 0 aliphatic rings. The maximum absolute atomic E-state index is 11.6. The minimum absolute atomic E-state index is 0.342. The number of esters is 1. The summed E-state index contributed by atoms with van der Waals surface area (Å²) in [6.45, 7) is 2.27. The van der Waals surface area contributed by atoms with Crippen LogP contribution in [0, 0.1) is 6.92 Å². The molecule has 2 aromatic rings. The molecule has 0 saturated carbocycles. The number of aromatic nitrogens is 2. The SMILES string of the molecule is Cc1nc(C(=O)OCCCc2cccnc2)cs1. The summed E-state index contributed by atoms with van der Waals surface area (Å²) < 4.78 is 5.15. The zero-order chi connectivity index (χ0) is 12.8. The van der Waals surface area contributed by atoms with Gasteiger partial charge in [0.25, 0.3) is 0 Å². The van der Waals surface area contributed by atoms with Crippen LogP contribution < -0.4 is 0 Å². The monoisotopic (exact) mass is 262 g/mol. The van der Waals surface area contributed by atoms with Gasteiger partial charge in [-0.2, -0.15) is 0 Å². The van der Waals surface area contributed by atoms with Crippen LogP contribution in [0.25, 0.3) is 0 Å². The van der Waals surface area contributed by atoms with E-state index in [1.807, 2.05) is 25.3 Å². The van der Waals surface area contributed by atoms with E-state index in [2.05, 4.69) is 9.97 Å². The first-order valence-electron chi connectivity index (χ1n) is 5.74. The first-order chi connectivity index (χ1) is 8.75. The van der Waals surface area contributed by atoms with Crippen molar-refractivity contribution in [2.45, 2.75) is 19.8 Å². The van der Waals surface area contributed by atoms with E-state index in [4.69, 9.17) is 4.74 Å². The van der Waals surface area contributed by atoms with Crippen molar-refractivity contribution in [1.82, 2.24) is 9.97 Å². The number of aryl methyl sites for hydroxylation is 2. The number of pyridine rings is 1. The van der Waals surface area contributed by atoms with E-state index in [1.165, 1.54) is 11.3 Å². The zero-order valence-electron chi connectivity index (χ0n) is 10.1. The van der Waals surface area contributed by atoms with Gasteiger partial charge in [0.05, 0.1) is 11.6 Å². The largest absolute Gasteiger partial charge is 0.461 e. The highest BCUT2D eigenvalue weighted by atomic mass is 32.1.